The van der Waals surface area contributed by atoms with Crippen LogP contribution in [0.25, 0.3) is 5.65 Å². The third-order valence-electron chi connectivity index (χ3n) is 5.60. The van der Waals surface area contributed by atoms with Crippen LogP contribution in [0.2, 0.25) is 0 Å². The Morgan fingerprint density at radius 3 is 2.69 bits per heavy atom. The number of hydrogen-bond acceptors (Lipinski definition) is 6. The highest BCUT2D eigenvalue weighted by Gasteiger charge is 2.31. The average molecular weight is 461 g/mol. The van der Waals surface area contributed by atoms with E-state index in [2.05, 4.69) is 63.9 Å². The number of halogens is 1. The second-order valence-electron chi connectivity index (χ2n) is 8.46. The summed E-state index contributed by atoms with van der Waals surface area (Å²) in [6.07, 6.45) is 5.34. The van der Waals surface area contributed by atoms with Crippen molar-refractivity contribution in [3.63, 3.8) is 0 Å². The first-order valence-electron chi connectivity index (χ1n) is 9.73. The van der Waals surface area contributed by atoms with E-state index in [1.165, 1.54) is 0 Å². The fourth-order valence-electron chi connectivity index (χ4n) is 3.29. The van der Waals surface area contributed by atoms with E-state index in [1.807, 2.05) is 31.4 Å². The number of anilines is 2. The zero-order chi connectivity index (χ0) is 21.2. The number of aliphatic hydroxyl groups is 1. The Balaban J connectivity index is 1.96. The number of nitrogens with one attached hydrogen (secondary N) is 1. The predicted octanol–water partition coefficient (Wildman–Crippen LogP) is 3.98. The molecule has 0 fully saturated rings. The molecule has 0 amide bonds. The minimum atomic E-state index is -0.0576. The second kappa shape index (κ2) is 8.67. The summed E-state index contributed by atoms with van der Waals surface area (Å²) >= 11 is 3.54. The fourth-order valence-corrected chi connectivity index (χ4v) is 3.64. The van der Waals surface area contributed by atoms with E-state index < -0.39 is 0 Å². The van der Waals surface area contributed by atoms with Gasteiger partial charge in [0.1, 0.15) is 11.6 Å². The van der Waals surface area contributed by atoms with Gasteiger partial charge in [-0.05, 0) is 38.9 Å². The van der Waals surface area contributed by atoms with Crippen molar-refractivity contribution in [2.24, 2.45) is 11.3 Å². The molecule has 0 bridgehead atoms. The zero-order valence-electron chi connectivity index (χ0n) is 17.6. The highest BCUT2D eigenvalue weighted by atomic mass is 79.9. The Morgan fingerprint density at radius 2 is 2.07 bits per heavy atom. The fraction of sp³-hybridized carbons (Fsp3) is 0.476. The van der Waals surface area contributed by atoms with Crippen molar-refractivity contribution >= 4 is 33.2 Å². The smallest absolute Gasteiger partial charge is 0.173 e. The third-order valence-corrected chi connectivity index (χ3v) is 6.16. The molecule has 156 valence electrons. The predicted molar refractivity (Wildman–Crippen MR) is 120 cm³/mol. The van der Waals surface area contributed by atoms with Gasteiger partial charge in [-0.3, -0.25) is 4.98 Å². The Hall–Kier alpha value is -2.19. The van der Waals surface area contributed by atoms with Crippen molar-refractivity contribution in [1.82, 2.24) is 19.6 Å². The van der Waals surface area contributed by atoms with Crippen molar-refractivity contribution in [2.45, 2.75) is 40.3 Å². The van der Waals surface area contributed by atoms with Gasteiger partial charge in [-0.1, -0.05) is 33.8 Å². The molecule has 8 heteroatoms. The molecule has 0 aliphatic carbocycles. The second-order valence-corrected chi connectivity index (χ2v) is 9.31. The number of hydrogen-bond donors (Lipinski definition) is 2. The van der Waals surface area contributed by atoms with Crippen LogP contribution in [0, 0.1) is 11.3 Å². The number of rotatable bonds is 7. The van der Waals surface area contributed by atoms with E-state index >= 15 is 0 Å². The van der Waals surface area contributed by atoms with Crippen molar-refractivity contribution in [3.05, 3.63) is 46.8 Å². The minimum absolute atomic E-state index is 0.0562. The first-order chi connectivity index (χ1) is 13.7. The maximum atomic E-state index is 10.1. The van der Waals surface area contributed by atoms with Crippen LogP contribution in [0.15, 0.2) is 41.3 Å². The van der Waals surface area contributed by atoms with E-state index in [0.29, 0.717) is 6.54 Å². The number of nitrogens with zero attached hydrogens (tertiary/aromatic N) is 5. The van der Waals surface area contributed by atoms with Gasteiger partial charge in [-0.2, -0.15) is 9.61 Å². The van der Waals surface area contributed by atoms with E-state index in [1.54, 1.807) is 16.9 Å². The van der Waals surface area contributed by atoms with Gasteiger partial charge in [0.25, 0.3) is 0 Å². The average Bonchev–Trinajstić information content (AvgIpc) is 3.07. The van der Waals surface area contributed by atoms with Crippen LogP contribution in [0.4, 0.5) is 11.6 Å². The normalized spacial score (nSPS) is 14.0. The highest BCUT2D eigenvalue weighted by Crippen LogP contribution is 2.33. The molecule has 29 heavy (non-hydrogen) atoms. The van der Waals surface area contributed by atoms with Crippen molar-refractivity contribution in [3.8, 4) is 0 Å². The lowest BCUT2D eigenvalue weighted by atomic mass is 9.77. The van der Waals surface area contributed by atoms with Gasteiger partial charge in [0.05, 0.1) is 23.3 Å². The topological polar surface area (TPSA) is 78.6 Å². The van der Waals surface area contributed by atoms with Crippen LogP contribution >= 0.6 is 15.9 Å². The van der Waals surface area contributed by atoms with Crippen LogP contribution in [-0.4, -0.2) is 44.4 Å². The van der Waals surface area contributed by atoms with Crippen LogP contribution < -0.4 is 10.2 Å². The van der Waals surface area contributed by atoms with E-state index in [4.69, 9.17) is 4.98 Å². The monoisotopic (exact) mass is 460 g/mol. The molecule has 3 aromatic heterocycles. The maximum Gasteiger partial charge on any atom is 0.173 e. The standard InChI is InChI=1S/C21H29BrN6O/c1-14(21(2,3)4)17(13-29)27(5)19-9-18(24-11-15-7-6-8-23-10-15)28-20(26-19)16(22)12-25-28/h6-10,12,14,17,24,29H,11,13H2,1-5H3/t14-,17+/m0/s1. The quantitative estimate of drug-likeness (QED) is 0.554. The summed E-state index contributed by atoms with van der Waals surface area (Å²) in [4.78, 5) is 11.0. The van der Waals surface area contributed by atoms with Gasteiger partial charge < -0.3 is 15.3 Å². The van der Waals surface area contributed by atoms with Crippen molar-refractivity contribution in [1.29, 1.82) is 0 Å². The number of fused-ring (bicyclic) bond motifs is 1. The van der Waals surface area contributed by atoms with E-state index in [9.17, 15) is 5.11 Å². The van der Waals surface area contributed by atoms with Gasteiger partial charge >= 0.3 is 0 Å². The van der Waals surface area contributed by atoms with Crippen LogP contribution in [0.1, 0.15) is 33.3 Å². The molecule has 0 saturated heterocycles. The Labute approximate surface area is 180 Å². The number of likely N-dealkylation sites (N-methyl/N-ethyl adjacent to an activating group) is 1. The molecule has 3 rings (SSSR count). The summed E-state index contributed by atoms with van der Waals surface area (Å²) in [7, 11) is 1.98. The molecule has 0 aliphatic heterocycles. The summed E-state index contributed by atoms with van der Waals surface area (Å²) in [5.41, 5.74) is 1.86. The van der Waals surface area contributed by atoms with E-state index in [0.717, 1.165) is 27.3 Å². The molecule has 2 atom stereocenters. The molecule has 3 aromatic rings. The zero-order valence-corrected chi connectivity index (χ0v) is 19.2. The van der Waals surface area contributed by atoms with Crippen molar-refractivity contribution < 1.29 is 5.11 Å². The molecular formula is C21H29BrN6O. The van der Waals surface area contributed by atoms with Gasteiger partial charge in [0.2, 0.25) is 0 Å². The largest absolute Gasteiger partial charge is 0.394 e. The summed E-state index contributed by atoms with van der Waals surface area (Å²) < 4.78 is 2.60. The molecule has 0 spiro atoms. The molecular weight excluding hydrogens is 432 g/mol. The number of aromatic nitrogens is 4. The molecule has 0 saturated carbocycles. The van der Waals surface area contributed by atoms with Crippen LogP contribution in [0.3, 0.4) is 0 Å². The lowest BCUT2D eigenvalue weighted by Crippen LogP contribution is -2.45. The van der Waals surface area contributed by atoms with Gasteiger partial charge in [0, 0.05) is 32.1 Å². The van der Waals surface area contributed by atoms with Crippen LogP contribution in [-0.2, 0) is 6.54 Å². The molecule has 2 N–H and O–H groups in total. The Morgan fingerprint density at radius 1 is 1.31 bits per heavy atom. The molecule has 0 aromatic carbocycles. The lowest BCUT2D eigenvalue weighted by molar-refractivity contribution is 0.155. The summed E-state index contributed by atoms with van der Waals surface area (Å²) in [6, 6.07) is 5.86. The molecule has 3 heterocycles. The first-order valence-corrected chi connectivity index (χ1v) is 10.5. The van der Waals surface area contributed by atoms with Crippen LogP contribution in [0.5, 0.6) is 0 Å². The van der Waals surface area contributed by atoms with Crippen molar-refractivity contribution in [2.75, 3.05) is 23.9 Å². The number of aliphatic hydroxyl groups excluding tert-OH is 1. The highest BCUT2D eigenvalue weighted by molar-refractivity contribution is 9.10. The summed E-state index contributed by atoms with van der Waals surface area (Å²) in [5, 5.41) is 18.0. The summed E-state index contributed by atoms with van der Waals surface area (Å²) in [5.74, 6) is 1.87. The molecule has 0 radical (unpaired) electrons. The first kappa shape index (κ1) is 21.5. The van der Waals surface area contributed by atoms with Gasteiger partial charge in [0.15, 0.2) is 5.65 Å². The Kier molecular flexibility index (Phi) is 6.43. The van der Waals surface area contributed by atoms with Gasteiger partial charge in [-0.25, -0.2) is 4.98 Å². The van der Waals surface area contributed by atoms with Gasteiger partial charge in [-0.15, -0.1) is 0 Å². The lowest BCUT2D eigenvalue weighted by Gasteiger charge is -2.39. The maximum absolute atomic E-state index is 10.1. The minimum Gasteiger partial charge on any atom is -0.394 e. The molecule has 7 nitrogen and oxygen atoms in total. The Bertz CT molecular complexity index is 953. The molecule has 0 unspecified atom stereocenters. The summed E-state index contributed by atoms with van der Waals surface area (Å²) in [6.45, 7) is 9.43. The van der Waals surface area contributed by atoms with E-state index in [-0.39, 0.29) is 24.0 Å². The SMILES string of the molecule is C[C@@H]([C@@H](CO)N(C)c1cc(NCc2cccnc2)n2ncc(Br)c2n1)C(C)(C)C. The molecule has 0 aliphatic rings. The number of pyridine rings is 1. The third kappa shape index (κ3) is 4.70.